The molecule has 0 radical (unpaired) electrons. The molecule has 1 aliphatic rings. The van der Waals surface area contributed by atoms with Gasteiger partial charge in [0.15, 0.2) is 5.82 Å². The lowest BCUT2D eigenvalue weighted by Gasteiger charge is -2.21. The quantitative estimate of drug-likeness (QED) is 0.831. The van der Waals surface area contributed by atoms with Gasteiger partial charge in [0.1, 0.15) is 0 Å². The molecule has 5 nitrogen and oxygen atoms in total. The predicted octanol–water partition coefficient (Wildman–Crippen LogP) is 2.72. The first-order valence-corrected chi connectivity index (χ1v) is 6.34. The Hall–Kier alpha value is -1.65. The Bertz CT molecular complexity index is 453. The van der Waals surface area contributed by atoms with Crippen LogP contribution in [0, 0.1) is 5.92 Å². The standard InChI is InChI=1S/C13H18N2O3/c1-3-8(2)11-14-12(18-15-11)9-6-4-5-7-10(9)13(16)17/h4-5,8-10H,3,6-7H2,1-2H3,(H,16,17)/t8?,9-,10+/m1/s1. The molecule has 0 amide bonds. The molecule has 0 spiro atoms. The van der Waals surface area contributed by atoms with Gasteiger partial charge in [-0.25, -0.2) is 0 Å². The van der Waals surface area contributed by atoms with Crippen molar-refractivity contribution in [2.75, 3.05) is 0 Å². The van der Waals surface area contributed by atoms with Crippen LogP contribution in [0.3, 0.4) is 0 Å². The van der Waals surface area contributed by atoms with Crippen molar-refractivity contribution < 1.29 is 14.4 Å². The number of carboxylic acids is 1. The van der Waals surface area contributed by atoms with E-state index in [-0.39, 0.29) is 11.8 Å². The van der Waals surface area contributed by atoms with Crippen molar-refractivity contribution in [2.45, 2.75) is 44.9 Å². The molecule has 1 heterocycles. The first kappa shape index (κ1) is 12.8. The molecule has 0 saturated carbocycles. The average molecular weight is 250 g/mol. The van der Waals surface area contributed by atoms with E-state index in [9.17, 15) is 9.90 Å². The Morgan fingerprint density at radius 3 is 2.94 bits per heavy atom. The molecule has 0 aromatic carbocycles. The molecule has 1 unspecified atom stereocenters. The van der Waals surface area contributed by atoms with Crippen LogP contribution in [0.25, 0.3) is 0 Å². The first-order valence-electron chi connectivity index (χ1n) is 6.34. The molecule has 2 rings (SSSR count). The predicted molar refractivity (Wildman–Crippen MR) is 65.2 cm³/mol. The van der Waals surface area contributed by atoms with Crippen molar-refractivity contribution in [3.8, 4) is 0 Å². The molecule has 1 aromatic heterocycles. The number of carboxylic acid groups (broad SMARTS) is 1. The Kier molecular flexibility index (Phi) is 3.79. The zero-order valence-corrected chi connectivity index (χ0v) is 10.7. The number of rotatable bonds is 4. The van der Waals surface area contributed by atoms with Crippen molar-refractivity contribution in [2.24, 2.45) is 5.92 Å². The summed E-state index contributed by atoms with van der Waals surface area (Å²) in [4.78, 5) is 15.6. The number of hydrogen-bond donors (Lipinski definition) is 1. The third-order valence-electron chi connectivity index (χ3n) is 3.58. The summed E-state index contributed by atoms with van der Waals surface area (Å²) in [7, 11) is 0. The number of carbonyl (C=O) groups is 1. The molecule has 0 bridgehead atoms. The first-order chi connectivity index (χ1) is 8.63. The van der Waals surface area contributed by atoms with Crippen molar-refractivity contribution in [1.29, 1.82) is 0 Å². The Labute approximate surface area is 106 Å². The van der Waals surface area contributed by atoms with Crippen LogP contribution < -0.4 is 0 Å². The van der Waals surface area contributed by atoms with Crippen LogP contribution >= 0.6 is 0 Å². The van der Waals surface area contributed by atoms with Gasteiger partial charge in [0.2, 0.25) is 5.89 Å². The van der Waals surface area contributed by atoms with Gasteiger partial charge in [0.25, 0.3) is 0 Å². The molecule has 1 aromatic rings. The zero-order valence-electron chi connectivity index (χ0n) is 10.7. The Morgan fingerprint density at radius 1 is 1.56 bits per heavy atom. The largest absolute Gasteiger partial charge is 0.481 e. The van der Waals surface area contributed by atoms with E-state index < -0.39 is 11.9 Å². The minimum atomic E-state index is -0.798. The Balaban J connectivity index is 2.21. The lowest BCUT2D eigenvalue weighted by Crippen LogP contribution is -2.23. The smallest absolute Gasteiger partial charge is 0.307 e. The molecule has 0 fully saturated rings. The summed E-state index contributed by atoms with van der Waals surface area (Å²) in [5.41, 5.74) is 0. The fraction of sp³-hybridized carbons (Fsp3) is 0.615. The average Bonchev–Trinajstić information content (AvgIpc) is 2.87. The van der Waals surface area contributed by atoms with Gasteiger partial charge < -0.3 is 9.63 Å². The second-order valence-electron chi connectivity index (χ2n) is 4.79. The van der Waals surface area contributed by atoms with Crippen LogP contribution in [0.2, 0.25) is 0 Å². The van der Waals surface area contributed by atoms with E-state index in [0.717, 1.165) is 6.42 Å². The van der Waals surface area contributed by atoms with Gasteiger partial charge >= 0.3 is 5.97 Å². The Morgan fingerprint density at radius 2 is 2.28 bits per heavy atom. The zero-order chi connectivity index (χ0) is 13.1. The van der Waals surface area contributed by atoms with Gasteiger partial charge in [0.05, 0.1) is 11.8 Å². The van der Waals surface area contributed by atoms with E-state index in [1.165, 1.54) is 0 Å². The van der Waals surface area contributed by atoms with Gasteiger partial charge in [-0.1, -0.05) is 31.2 Å². The van der Waals surface area contributed by atoms with E-state index in [2.05, 4.69) is 17.1 Å². The normalized spacial score (nSPS) is 25.0. The minimum Gasteiger partial charge on any atom is -0.481 e. The summed E-state index contributed by atoms with van der Waals surface area (Å²) in [5.74, 6) is -0.0798. The van der Waals surface area contributed by atoms with E-state index in [4.69, 9.17) is 4.52 Å². The van der Waals surface area contributed by atoms with Crippen LogP contribution in [0.5, 0.6) is 0 Å². The van der Waals surface area contributed by atoms with Gasteiger partial charge in [-0.3, -0.25) is 4.79 Å². The number of nitrogens with zero attached hydrogens (tertiary/aromatic N) is 2. The lowest BCUT2D eigenvalue weighted by molar-refractivity contribution is -0.142. The summed E-state index contributed by atoms with van der Waals surface area (Å²) >= 11 is 0. The van der Waals surface area contributed by atoms with Crippen LogP contribution in [0.4, 0.5) is 0 Å². The highest BCUT2D eigenvalue weighted by Gasteiger charge is 2.34. The highest BCUT2D eigenvalue weighted by Crippen LogP contribution is 2.34. The lowest BCUT2D eigenvalue weighted by atomic mass is 9.83. The fourth-order valence-corrected chi connectivity index (χ4v) is 2.14. The molecule has 0 aliphatic heterocycles. The summed E-state index contributed by atoms with van der Waals surface area (Å²) in [6.45, 7) is 4.09. The summed E-state index contributed by atoms with van der Waals surface area (Å²) in [6.07, 6.45) is 6.00. The number of allylic oxidation sites excluding steroid dienone is 2. The van der Waals surface area contributed by atoms with Crippen molar-refractivity contribution in [3.63, 3.8) is 0 Å². The maximum atomic E-state index is 11.2. The second kappa shape index (κ2) is 5.33. The minimum absolute atomic E-state index is 0.196. The van der Waals surface area contributed by atoms with Crippen LogP contribution in [-0.4, -0.2) is 21.2 Å². The summed E-state index contributed by atoms with van der Waals surface area (Å²) in [5, 5.41) is 13.2. The highest BCUT2D eigenvalue weighted by molar-refractivity contribution is 5.71. The third kappa shape index (κ3) is 2.44. The van der Waals surface area contributed by atoms with E-state index in [1.54, 1.807) is 0 Å². The monoisotopic (exact) mass is 250 g/mol. The highest BCUT2D eigenvalue weighted by atomic mass is 16.5. The van der Waals surface area contributed by atoms with E-state index in [1.807, 2.05) is 19.1 Å². The van der Waals surface area contributed by atoms with Gasteiger partial charge in [-0.05, 0) is 19.3 Å². The molecule has 0 saturated heterocycles. The molecule has 98 valence electrons. The molecular weight excluding hydrogens is 232 g/mol. The van der Waals surface area contributed by atoms with Crippen molar-refractivity contribution in [1.82, 2.24) is 10.1 Å². The van der Waals surface area contributed by atoms with Crippen LogP contribution in [-0.2, 0) is 4.79 Å². The maximum absolute atomic E-state index is 11.2. The van der Waals surface area contributed by atoms with Gasteiger partial charge in [-0.2, -0.15) is 4.98 Å². The molecule has 1 N–H and O–H groups in total. The molecule has 1 aliphatic carbocycles. The van der Waals surface area contributed by atoms with Gasteiger partial charge in [0, 0.05) is 5.92 Å². The fourth-order valence-electron chi connectivity index (χ4n) is 2.14. The summed E-state index contributed by atoms with van der Waals surface area (Å²) < 4.78 is 5.25. The SMILES string of the molecule is CCC(C)c1noc([C@@H]2CC=CC[C@@H]2C(=O)O)n1. The molecule has 5 heteroatoms. The third-order valence-corrected chi connectivity index (χ3v) is 3.58. The topological polar surface area (TPSA) is 76.2 Å². The number of aromatic nitrogens is 2. The van der Waals surface area contributed by atoms with Crippen LogP contribution in [0.15, 0.2) is 16.7 Å². The van der Waals surface area contributed by atoms with Gasteiger partial charge in [-0.15, -0.1) is 0 Å². The van der Waals surface area contributed by atoms with E-state index >= 15 is 0 Å². The van der Waals surface area contributed by atoms with Crippen molar-refractivity contribution >= 4 is 5.97 Å². The van der Waals surface area contributed by atoms with Crippen LogP contribution in [0.1, 0.15) is 56.7 Å². The molecular formula is C13H18N2O3. The summed E-state index contributed by atoms with van der Waals surface area (Å²) in [6, 6.07) is 0. The van der Waals surface area contributed by atoms with Crippen molar-refractivity contribution in [3.05, 3.63) is 23.9 Å². The number of hydrogen-bond acceptors (Lipinski definition) is 4. The van der Waals surface area contributed by atoms with E-state index in [0.29, 0.717) is 24.6 Å². The molecule has 18 heavy (non-hydrogen) atoms. The maximum Gasteiger partial charge on any atom is 0.307 e. The second-order valence-corrected chi connectivity index (χ2v) is 4.79. The number of aliphatic carboxylic acids is 1. The molecule has 3 atom stereocenters.